The van der Waals surface area contributed by atoms with E-state index in [1.165, 1.54) is 0 Å². The molecule has 0 aliphatic carbocycles. The Morgan fingerprint density at radius 3 is 2.36 bits per heavy atom. The topological polar surface area (TPSA) is 51.2 Å². The summed E-state index contributed by atoms with van der Waals surface area (Å²) in [6.07, 6.45) is 0.0852. The SMILES string of the molecule is CCO[P+](O)(OCC)C(F)C[C@@H]1CO1. The van der Waals surface area contributed by atoms with Gasteiger partial charge < -0.3 is 4.74 Å². The van der Waals surface area contributed by atoms with Gasteiger partial charge in [-0.1, -0.05) is 0 Å². The lowest BCUT2D eigenvalue weighted by molar-refractivity contribution is 0.153. The van der Waals surface area contributed by atoms with Crippen LogP contribution in [0, 0.1) is 0 Å². The van der Waals surface area contributed by atoms with E-state index in [-0.39, 0.29) is 25.7 Å². The largest absolute Gasteiger partial charge is 0.444 e. The second kappa shape index (κ2) is 5.33. The molecule has 1 N–H and O–H groups in total. The van der Waals surface area contributed by atoms with E-state index in [9.17, 15) is 9.28 Å². The first-order chi connectivity index (χ1) is 6.62. The van der Waals surface area contributed by atoms with Gasteiger partial charge in [0.05, 0.1) is 32.3 Å². The maximum Gasteiger partial charge on any atom is 0.444 e. The molecule has 0 saturated carbocycles. The number of halogens is 1. The van der Waals surface area contributed by atoms with Gasteiger partial charge in [0, 0.05) is 0 Å². The van der Waals surface area contributed by atoms with Gasteiger partial charge in [-0.25, -0.2) is 0 Å². The molecule has 1 aliphatic rings. The summed E-state index contributed by atoms with van der Waals surface area (Å²) in [5.41, 5.74) is 0. The van der Waals surface area contributed by atoms with Gasteiger partial charge in [0.1, 0.15) is 0 Å². The minimum atomic E-state index is -3.32. The Morgan fingerprint density at radius 1 is 1.50 bits per heavy atom. The monoisotopic (exact) mass is 227 g/mol. The summed E-state index contributed by atoms with van der Waals surface area (Å²) in [4.78, 5) is 9.79. The molecule has 0 bridgehead atoms. The van der Waals surface area contributed by atoms with Crippen molar-refractivity contribution in [3.63, 3.8) is 0 Å². The fourth-order valence-electron chi connectivity index (χ4n) is 1.12. The minimum absolute atomic E-state index is 0.0718. The molecule has 0 aromatic carbocycles. The van der Waals surface area contributed by atoms with Crippen LogP contribution in [0.15, 0.2) is 0 Å². The number of alkyl halides is 1. The average Bonchev–Trinajstić information content (AvgIpc) is 2.89. The Morgan fingerprint density at radius 2 is 2.00 bits per heavy atom. The van der Waals surface area contributed by atoms with Gasteiger partial charge in [-0.15, -0.1) is 0 Å². The Balaban J connectivity index is 2.44. The van der Waals surface area contributed by atoms with Gasteiger partial charge in [-0.2, -0.15) is 18.3 Å². The second-order valence-corrected chi connectivity index (χ2v) is 5.23. The fourth-order valence-corrected chi connectivity index (χ4v) is 2.76. The van der Waals surface area contributed by atoms with Crippen LogP contribution in [0.3, 0.4) is 0 Å². The van der Waals surface area contributed by atoms with Crippen molar-refractivity contribution in [3.8, 4) is 0 Å². The normalized spacial score (nSPS) is 23.6. The predicted molar refractivity (Wildman–Crippen MR) is 51.6 cm³/mol. The molecule has 84 valence electrons. The van der Waals surface area contributed by atoms with Gasteiger partial charge in [0.25, 0.3) is 5.91 Å². The zero-order valence-corrected chi connectivity index (χ0v) is 9.37. The van der Waals surface area contributed by atoms with Crippen molar-refractivity contribution in [1.82, 2.24) is 0 Å². The number of epoxide rings is 1. The summed E-state index contributed by atoms with van der Waals surface area (Å²) in [7, 11) is -3.32. The van der Waals surface area contributed by atoms with E-state index in [0.29, 0.717) is 6.61 Å². The molecule has 2 atom stereocenters. The standard InChI is InChI=1S/C8H17FO4P/c1-3-12-14(10,13-4-2)8(9)5-7-6-11-7/h7-8,10H,3-6H2,1-2H3/q+1/t7-,8?/m1/s1. The molecule has 14 heavy (non-hydrogen) atoms. The van der Waals surface area contributed by atoms with Crippen LogP contribution in [0.25, 0.3) is 0 Å². The highest BCUT2D eigenvalue weighted by molar-refractivity contribution is 7.61. The molecular formula is C8H17FO4P+. The molecule has 6 heteroatoms. The van der Waals surface area contributed by atoms with Crippen LogP contribution in [-0.2, 0) is 13.8 Å². The zero-order valence-electron chi connectivity index (χ0n) is 8.48. The van der Waals surface area contributed by atoms with Crippen LogP contribution in [0.1, 0.15) is 20.3 Å². The van der Waals surface area contributed by atoms with E-state index in [1.807, 2.05) is 0 Å². The van der Waals surface area contributed by atoms with E-state index < -0.39 is 13.9 Å². The molecule has 1 unspecified atom stereocenters. The molecule has 1 rings (SSSR count). The molecule has 1 aliphatic heterocycles. The van der Waals surface area contributed by atoms with Crippen molar-refractivity contribution in [2.24, 2.45) is 0 Å². The molecular weight excluding hydrogens is 210 g/mol. The van der Waals surface area contributed by atoms with Crippen molar-refractivity contribution < 1.29 is 23.1 Å². The molecule has 4 nitrogen and oxygen atoms in total. The molecule has 0 radical (unpaired) electrons. The number of hydrogen-bond acceptors (Lipinski definition) is 4. The van der Waals surface area contributed by atoms with Crippen LogP contribution in [0.5, 0.6) is 0 Å². The first kappa shape index (κ1) is 12.3. The second-order valence-electron chi connectivity index (χ2n) is 3.03. The van der Waals surface area contributed by atoms with E-state index in [4.69, 9.17) is 13.8 Å². The highest BCUT2D eigenvalue weighted by Gasteiger charge is 2.52. The van der Waals surface area contributed by atoms with Crippen LogP contribution < -0.4 is 0 Å². The Kier molecular flexibility index (Phi) is 4.67. The predicted octanol–water partition coefficient (Wildman–Crippen LogP) is 1.90. The summed E-state index contributed by atoms with van der Waals surface area (Å²) < 4.78 is 28.4. The first-order valence-electron chi connectivity index (χ1n) is 4.78. The summed E-state index contributed by atoms with van der Waals surface area (Å²) in [5, 5.41) is 0. The van der Waals surface area contributed by atoms with Crippen LogP contribution in [-0.4, -0.2) is 36.7 Å². The van der Waals surface area contributed by atoms with Gasteiger partial charge in [-0.05, 0) is 13.8 Å². The quantitative estimate of drug-likeness (QED) is 0.533. The van der Waals surface area contributed by atoms with Gasteiger partial charge >= 0.3 is 7.94 Å². The number of ether oxygens (including phenoxy) is 1. The highest BCUT2D eigenvalue weighted by atomic mass is 31.2. The highest BCUT2D eigenvalue weighted by Crippen LogP contribution is 2.63. The third-order valence-corrected chi connectivity index (χ3v) is 4.02. The summed E-state index contributed by atoms with van der Waals surface area (Å²) in [5.74, 6) is -1.46. The molecule has 1 heterocycles. The lowest BCUT2D eigenvalue weighted by atomic mass is 10.4. The van der Waals surface area contributed by atoms with Gasteiger partial charge in [0.2, 0.25) is 0 Å². The summed E-state index contributed by atoms with van der Waals surface area (Å²) >= 11 is 0. The van der Waals surface area contributed by atoms with Crippen molar-refractivity contribution in [1.29, 1.82) is 0 Å². The van der Waals surface area contributed by atoms with Crippen molar-refractivity contribution >= 4 is 7.94 Å². The lowest BCUT2D eigenvalue weighted by Gasteiger charge is -2.18. The van der Waals surface area contributed by atoms with Crippen molar-refractivity contribution in [3.05, 3.63) is 0 Å². The molecule has 0 spiro atoms. The van der Waals surface area contributed by atoms with E-state index >= 15 is 0 Å². The summed E-state index contributed by atoms with van der Waals surface area (Å²) in [6, 6.07) is 0. The lowest BCUT2D eigenvalue weighted by Crippen LogP contribution is -2.16. The van der Waals surface area contributed by atoms with E-state index in [2.05, 4.69) is 0 Å². The molecule has 1 saturated heterocycles. The molecule has 0 aromatic heterocycles. The molecule has 1 fully saturated rings. The van der Waals surface area contributed by atoms with Crippen molar-refractivity contribution in [2.45, 2.75) is 32.3 Å². The zero-order chi connectivity index (χ0) is 10.6. The Bertz CT molecular complexity index is 171. The van der Waals surface area contributed by atoms with Crippen molar-refractivity contribution in [2.75, 3.05) is 19.8 Å². The number of hydrogen-bond donors (Lipinski definition) is 1. The minimum Gasteiger partial charge on any atom is -0.373 e. The van der Waals surface area contributed by atoms with E-state index in [0.717, 1.165) is 0 Å². The number of rotatable bonds is 7. The van der Waals surface area contributed by atoms with Gasteiger partial charge in [0.15, 0.2) is 0 Å². The van der Waals surface area contributed by atoms with Crippen LogP contribution >= 0.6 is 7.94 Å². The van der Waals surface area contributed by atoms with Crippen LogP contribution in [0.2, 0.25) is 0 Å². The smallest absolute Gasteiger partial charge is 0.373 e. The molecule has 0 aromatic rings. The first-order valence-corrected chi connectivity index (χ1v) is 6.43. The Hall–Kier alpha value is 0.200. The third kappa shape index (κ3) is 3.41. The van der Waals surface area contributed by atoms with Gasteiger partial charge in [-0.3, -0.25) is 0 Å². The third-order valence-electron chi connectivity index (χ3n) is 1.84. The maximum atomic E-state index is 13.6. The maximum absolute atomic E-state index is 13.6. The Labute approximate surface area is 83.9 Å². The summed E-state index contributed by atoms with van der Waals surface area (Å²) in [6.45, 7) is 4.46. The molecule has 0 amide bonds. The van der Waals surface area contributed by atoms with E-state index in [1.54, 1.807) is 13.8 Å². The van der Waals surface area contributed by atoms with Crippen LogP contribution in [0.4, 0.5) is 4.39 Å². The average molecular weight is 227 g/mol. The fraction of sp³-hybridized carbons (Fsp3) is 1.00.